The first-order valence-corrected chi connectivity index (χ1v) is 13.6. The maximum atomic E-state index is 13.4. The van der Waals surface area contributed by atoms with E-state index in [1.54, 1.807) is 55.5 Å². The second kappa shape index (κ2) is 12.7. The normalized spacial score (nSPS) is 20.1. The maximum absolute atomic E-state index is 13.4. The zero-order chi connectivity index (χ0) is 28.1. The number of hydrogen-bond donors (Lipinski definition) is 1. The van der Waals surface area contributed by atoms with Crippen LogP contribution in [0.15, 0.2) is 72.5 Å². The van der Waals surface area contributed by atoms with E-state index < -0.39 is 12.0 Å². The average molecular weight is 572 g/mol. The Morgan fingerprint density at radius 2 is 1.87 bits per heavy atom. The van der Waals surface area contributed by atoms with Gasteiger partial charge in [-0.2, -0.15) is 0 Å². The first kappa shape index (κ1) is 28.7. The number of carbonyl (C=O) groups excluding carboxylic acids is 3. The van der Waals surface area contributed by atoms with E-state index in [2.05, 4.69) is 16.8 Å². The molecular weight excluding hydrogens is 539 g/mol. The zero-order valence-electron chi connectivity index (χ0n) is 22.0. The predicted octanol–water partition coefficient (Wildman–Crippen LogP) is 4.91. The van der Waals surface area contributed by atoms with E-state index in [4.69, 9.17) is 27.9 Å². The molecule has 8 nitrogen and oxygen atoms in total. The molecule has 1 fully saturated rings. The second-order valence-corrected chi connectivity index (χ2v) is 10.4. The molecule has 3 amide bonds. The summed E-state index contributed by atoms with van der Waals surface area (Å²) in [6, 6.07) is 12.8. The fourth-order valence-electron chi connectivity index (χ4n) is 5.03. The van der Waals surface area contributed by atoms with Gasteiger partial charge in [0.25, 0.3) is 5.91 Å². The second-order valence-electron chi connectivity index (χ2n) is 9.51. The molecule has 2 aliphatic heterocycles. The van der Waals surface area contributed by atoms with Crippen LogP contribution in [0, 0.1) is 0 Å². The lowest BCUT2D eigenvalue weighted by Gasteiger charge is -2.43. The summed E-state index contributed by atoms with van der Waals surface area (Å²) >= 11 is 12.2. The largest absolute Gasteiger partial charge is 0.463 e. The van der Waals surface area contributed by atoms with Crippen LogP contribution in [-0.4, -0.2) is 78.0 Å². The molecule has 0 saturated carbocycles. The minimum Gasteiger partial charge on any atom is -0.463 e. The van der Waals surface area contributed by atoms with E-state index in [1.165, 1.54) is 4.90 Å². The third-order valence-corrected chi connectivity index (χ3v) is 7.35. The van der Waals surface area contributed by atoms with Gasteiger partial charge in [-0.15, -0.1) is 6.58 Å². The number of halogens is 2. The van der Waals surface area contributed by atoms with E-state index in [-0.39, 0.29) is 31.1 Å². The molecule has 2 aromatic carbocycles. The molecule has 0 radical (unpaired) electrons. The van der Waals surface area contributed by atoms with E-state index in [1.807, 2.05) is 17.9 Å². The van der Waals surface area contributed by atoms with Gasteiger partial charge < -0.3 is 15.0 Å². The highest BCUT2D eigenvalue weighted by molar-refractivity contribution is 6.31. The third-order valence-electron chi connectivity index (χ3n) is 6.86. The van der Waals surface area contributed by atoms with Crippen LogP contribution in [0.2, 0.25) is 10.0 Å². The summed E-state index contributed by atoms with van der Waals surface area (Å²) in [5, 5.41) is 4.02. The van der Waals surface area contributed by atoms with Crippen molar-refractivity contribution in [3.8, 4) is 0 Å². The molecule has 0 aliphatic carbocycles. The Kier molecular flexibility index (Phi) is 9.32. The molecule has 2 aromatic rings. The molecule has 1 N–H and O–H groups in total. The number of ether oxygens (including phenoxy) is 1. The van der Waals surface area contributed by atoms with Gasteiger partial charge in [0.2, 0.25) is 0 Å². The van der Waals surface area contributed by atoms with Gasteiger partial charge >= 0.3 is 12.0 Å². The first-order chi connectivity index (χ1) is 18.7. The first-order valence-electron chi connectivity index (χ1n) is 12.9. The number of esters is 1. The van der Waals surface area contributed by atoms with Crippen LogP contribution >= 0.6 is 23.2 Å². The van der Waals surface area contributed by atoms with Gasteiger partial charge in [-0.05, 0) is 55.8 Å². The van der Waals surface area contributed by atoms with Gasteiger partial charge in [0.15, 0.2) is 0 Å². The summed E-state index contributed by atoms with van der Waals surface area (Å²) in [5.41, 5.74) is 2.17. The van der Waals surface area contributed by atoms with Crippen molar-refractivity contribution in [3.05, 3.63) is 93.6 Å². The Labute approximate surface area is 238 Å². The molecule has 0 spiro atoms. The number of nitrogens with one attached hydrogen (secondary N) is 1. The smallest absolute Gasteiger partial charge is 0.338 e. The van der Waals surface area contributed by atoms with Crippen molar-refractivity contribution in [2.24, 2.45) is 0 Å². The lowest BCUT2D eigenvalue weighted by atomic mass is 9.94. The Balaban J connectivity index is 1.65. The standard InChI is InChI=1S/C29H32Cl2N4O4/c1-4-13-35-24(18-33-14-15-34(19(3)17-33)27(36)20-9-11-22(30)12-10-20)25(28(37)39-5-2)26(32-29(35)38)21-7-6-8-23(31)16-21/h4,6-12,16,19,26H,1,5,13-15,17-18H2,2-3H3,(H,32,38)/t19-,26+/m1/s1. The Morgan fingerprint density at radius 1 is 1.13 bits per heavy atom. The van der Waals surface area contributed by atoms with Gasteiger partial charge in [-0.3, -0.25) is 14.6 Å². The molecule has 0 unspecified atom stereocenters. The van der Waals surface area contributed by atoms with E-state index >= 15 is 0 Å². The van der Waals surface area contributed by atoms with Crippen LogP contribution < -0.4 is 5.32 Å². The van der Waals surface area contributed by atoms with E-state index in [0.717, 1.165) is 0 Å². The van der Waals surface area contributed by atoms with Crippen molar-refractivity contribution < 1.29 is 19.1 Å². The molecule has 2 heterocycles. The summed E-state index contributed by atoms with van der Waals surface area (Å²) in [7, 11) is 0. The van der Waals surface area contributed by atoms with Gasteiger partial charge in [0.05, 0.1) is 18.2 Å². The van der Waals surface area contributed by atoms with Crippen LogP contribution in [0.5, 0.6) is 0 Å². The minimum atomic E-state index is -0.725. The summed E-state index contributed by atoms with van der Waals surface area (Å²) < 4.78 is 5.46. The highest BCUT2D eigenvalue weighted by Crippen LogP contribution is 2.33. The Hall–Kier alpha value is -3.33. The molecule has 4 rings (SSSR count). The van der Waals surface area contributed by atoms with E-state index in [9.17, 15) is 14.4 Å². The fourth-order valence-corrected chi connectivity index (χ4v) is 5.35. The van der Waals surface area contributed by atoms with Crippen molar-refractivity contribution in [1.82, 2.24) is 20.0 Å². The molecule has 0 aromatic heterocycles. The highest BCUT2D eigenvalue weighted by atomic mass is 35.5. The summed E-state index contributed by atoms with van der Waals surface area (Å²) in [6.45, 7) is 9.88. The topological polar surface area (TPSA) is 82.2 Å². The molecule has 2 atom stereocenters. The van der Waals surface area contributed by atoms with Gasteiger partial charge in [0.1, 0.15) is 0 Å². The number of piperazine rings is 1. The van der Waals surface area contributed by atoms with Crippen LogP contribution in [-0.2, 0) is 9.53 Å². The number of nitrogens with zero attached hydrogens (tertiary/aromatic N) is 3. The minimum absolute atomic E-state index is 0.0587. The summed E-state index contributed by atoms with van der Waals surface area (Å²) in [6.07, 6.45) is 1.62. The molecule has 0 bridgehead atoms. The van der Waals surface area contributed by atoms with Gasteiger partial charge in [-0.1, -0.05) is 41.4 Å². The van der Waals surface area contributed by atoms with Crippen LogP contribution in [0.1, 0.15) is 35.8 Å². The van der Waals surface area contributed by atoms with Crippen molar-refractivity contribution in [2.75, 3.05) is 39.3 Å². The number of carbonyl (C=O) groups is 3. The Morgan fingerprint density at radius 3 is 2.51 bits per heavy atom. The number of hydrogen-bond acceptors (Lipinski definition) is 5. The third kappa shape index (κ3) is 6.46. The molecule has 39 heavy (non-hydrogen) atoms. The summed E-state index contributed by atoms with van der Waals surface area (Å²) in [4.78, 5) is 45.3. The van der Waals surface area contributed by atoms with Crippen molar-refractivity contribution in [3.63, 3.8) is 0 Å². The number of rotatable bonds is 8. The van der Waals surface area contributed by atoms with E-state index in [0.29, 0.717) is 58.6 Å². The van der Waals surface area contributed by atoms with Crippen molar-refractivity contribution in [1.29, 1.82) is 0 Å². The quantitative estimate of drug-likeness (QED) is 0.360. The summed E-state index contributed by atoms with van der Waals surface area (Å²) in [5.74, 6) is -0.562. The van der Waals surface area contributed by atoms with Crippen LogP contribution in [0.25, 0.3) is 0 Å². The van der Waals surface area contributed by atoms with Gasteiger partial charge in [0, 0.05) is 60.1 Å². The van der Waals surface area contributed by atoms with Crippen molar-refractivity contribution in [2.45, 2.75) is 25.9 Å². The molecule has 2 aliphatic rings. The highest BCUT2D eigenvalue weighted by Gasteiger charge is 2.39. The average Bonchev–Trinajstić information content (AvgIpc) is 2.90. The molecular formula is C29H32Cl2N4O4. The monoisotopic (exact) mass is 570 g/mol. The lowest BCUT2D eigenvalue weighted by molar-refractivity contribution is -0.139. The fraction of sp³-hybridized carbons (Fsp3) is 0.345. The molecule has 206 valence electrons. The van der Waals surface area contributed by atoms with Crippen LogP contribution in [0.3, 0.4) is 0 Å². The van der Waals surface area contributed by atoms with Gasteiger partial charge in [-0.25, -0.2) is 9.59 Å². The Bertz CT molecular complexity index is 1280. The molecule has 1 saturated heterocycles. The zero-order valence-corrected chi connectivity index (χ0v) is 23.5. The number of urea groups is 1. The predicted molar refractivity (Wildman–Crippen MR) is 152 cm³/mol. The van der Waals surface area contributed by atoms with Crippen molar-refractivity contribution >= 4 is 41.1 Å². The maximum Gasteiger partial charge on any atom is 0.338 e. The lowest BCUT2D eigenvalue weighted by Crippen LogP contribution is -2.56. The van der Waals surface area contributed by atoms with Crippen LogP contribution in [0.4, 0.5) is 4.79 Å². The molecule has 10 heteroatoms. The number of benzene rings is 2. The SMILES string of the molecule is C=CCN1C(=O)N[C@@H](c2cccc(Cl)c2)C(C(=O)OCC)=C1CN1CCN(C(=O)c2ccc(Cl)cc2)[C@H](C)C1. The number of amides is 3.